The minimum atomic E-state index is -4.97. The van der Waals surface area contributed by atoms with Crippen molar-refractivity contribution in [1.29, 1.82) is 0 Å². The van der Waals surface area contributed by atoms with Crippen LogP contribution in [-0.4, -0.2) is 80.1 Å². The zero-order valence-corrected chi connectivity index (χ0v) is 18.8. The number of carbonyl (C=O) groups is 1. The van der Waals surface area contributed by atoms with E-state index in [1.165, 1.54) is 4.90 Å². The Morgan fingerprint density at radius 3 is 2.35 bits per heavy atom. The molecule has 0 aliphatic carbocycles. The van der Waals surface area contributed by atoms with Crippen molar-refractivity contribution in [2.45, 2.75) is 25.3 Å². The molecule has 4 heterocycles. The number of H-pyrrole nitrogens is 1. The summed E-state index contributed by atoms with van der Waals surface area (Å²) < 4.78 is 99.7. The van der Waals surface area contributed by atoms with Crippen LogP contribution in [0.4, 0.5) is 32.3 Å². The highest BCUT2D eigenvalue weighted by molar-refractivity contribution is 5.80. The molecule has 1 fully saturated rings. The number of alkyl halides is 6. The quantitative estimate of drug-likeness (QED) is 0.453. The maximum atomic E-state index is 13.3. The summed E-state index contributed by atoms with van der Waals surface area (Å²) in [5.74, 6) is -0.304. The Balaban J connectivity index is 1.30. The lowest BCUT2D eigenvalue weighted by atomic mass is 10.2. The normalized spacial score (nSPS) is 16.2. The summed E-state index contributed by atoms with van der Waals surface area (Å²) in [6.45, 7) is -2.86. The minimum absolute atomic E-state index is 0.0867. The third-order valence-corrected chi connectivity index (χ3v) is 5.46. The molecule has 0 aromatic carbocycles. The number of nitrogens with zero attached hydrogens (tertiary/aromatic N) is 7. The fourth-order valence-corrected chi connectivity index (χ4v) is 3.62. The lowest BCUT2D eigenvalue weighted by Crippen LogP contribution is -2.49. The van der Waals surface area contributed by atoms with Gasteiger partial charge in [-0.2, -0.15) is 36.5 Å². The SMILES string of the molecule is [2H]C([2H])(Cn1nc(C(F)(F)F)c2c(=O)[nH]ncc21)OCCC(=O)N1CCN(c2ncc(C(F)(F)F)cn2)CC1. The van der Waals surface area contributed by atoms with Crippen LogP contribution in [0.5, 0.6) is 0 Å². The Morgan fingerprint density at radius 1 is 1.05 bits per heavy atom. The van der Waals surface area contributed by atoms with Crippen molar-refractivity contribution < 1.29 is 38.6 Å². The maximum Gasteiger partial charge on any atom is 0.435 e. The van der Waals surface area contributed by atoms with Gasteiger partial charge < -0.3 is 14.5 Å². The van der Waals surface area contributed by atoms with Crippen LogP contribution in [-0.2, 0) is 28.4 Å². The summed E-state index contributed by atoms with van der Waals surface area (Å²) in [6.07, 6.45) is -7.51. The van der Waals surface area contributed by atoms with Gasteiger partial charge in [0.05, 0.1) is 46.1 Å². The Morgan fingerprint density at radius 2 is 1.73 bits per heavy atom. The van der Waals surface area contributed by atoms with E-state index in [4.69, 9.17) is 7.48 Å². The molecular formula is C20H20F6N8O3. The van der Waals surface area contributed by atoms with Gasteiger partial charge in [-0.15, -0.1) is 0 Å². The number of amides is 1. The second kappa shape index (κ2) is 10.3. The second-order valence-corrected chi connectivity index (χ2v) is 7.84. The molecule has 17 heteroatoms. The highest BCUT2D eigenvalue weighted by Gasteiger charge is 2.38. The van der Waals surface area contributed by atoms with E-state index < -0.39 is 60.2 Å². The van der Waals surface area contributed by atoms with Crippen LogP contribution >= 0.6 is 0 Å². The molecule has 1 aliphatic rings. The van der Waals surface area contributed by atoms with Crippen molar-refractivity contribution in [3.8, 4) is 0 Å². The molecule has 0 saturated carbocycles. The molecule has 1 aliphatic heterocycles. The first-order valence-electron chi connectivity index (χ1n) is 11.7. The van der Waals surface area contributed by atoms with E-state index in [0.717, 1.165) is 6.20 Å². The summed E-state index contributed by atoms with van der Waals surface area (Å²) in [4.78, 5) is 34.9. The van der Waals surface area contributed by atoms with Crippen molar-refractivity contribution in [3.05, 3.63) is 40.2 Å². The number of nitrogens with one attached hydrogen (secondary N) is 1. The number of aromatic amines is 1. The van der Waals surface area contributed by atoms with Crippen LogP contribution < -0.4 is 10.5 Å². The van der Waals surface area contributed by atoms with Crippen molar-refractivity contribution >= 4 is 22.8 Å². The van der Waals surface area contributed by atoms with Gasteiger partial charge in [0.25, 0.3) is 5.56 Å². The fourth-order valence-electron chi connectivity index (χ4n) is 3.62. The molecule has 200 valence electrons. The standard InChI is InChI=1S/C20H20F6N8O3/c21-19(22,23)12-9-27-18(28-10-12)33-4-2-32(3-5-33)14(35)1-7-37-8-6-34-13-11-29-30-17(36)15(13)16(31-34)20(24,25)26/h9-11H,1-8H2,(H,30,36)/i8D2. The summed E-state index contributed by atoms with van der Waals surface area (Å²) in [7, 11) is 0. The van der Waals surface area contributed by atoms with Gasteiger partial charge in [-0.25, -0.2) is 15.1 Å². The Hall–Kier alpha value is -3.76. The van der Waals surface area contributed by atoms with Crippen molar-refractivity contribution in [2.75, 3.05) is 44.2 Å². The van der Waals surface area contributed by atoms with Crippen molar-refractivity contribution in [1.82, 2.24) is 34.8 Å². The van der Waals surface area contributed by atoms with Crippen LogP contribution in [0.25, 0.3) is 10.9 Å². The first-order chi connectivity index (χ1) is 18.2. The number of aryl methyl sites for hydroxylation is 1. The van der Waals surface area contributed by atoms with E-state index in [0.29, 0.717) is 17.1 Å². The average Bonchev–Trinajstić information content (AvgIpc) is 3.23. The lowest BCUT2D eigenvalue weighted by molar-refractivity contribution is -0.140. The third-order valence-electron chi connectivity index (χ3n) is 5.46. The van der Waals surface area contributed by atoms with Crippen molar-refractivity contribution in [3.63, 3.8) is 0 Å². The molecule has 11 nitrogen and oxygen atoms in total. The predicted octanol–water partition coefficient (Wildman–Crippen LogP) is 1.70. The smallest absolute Gasteiger partial charge is 0.379 e. The molecule has 4 rings (SSSR count). The molecule has 3 aromatic rings. The molecule has 0 bridgehead atoms. The van der Waals surface area contributed by atoms with E-state index in [1.54, 1.807) is 4.90 Å². The summed E-state index contributed by atoms with van der Waals surface area (Å²) in [5, 5.41) is 7.87. The van der Waals surface area contributed by atoms with Gasteiger partial charge in [0.2, 0.25) is 11.9 Å². The predicted molar refractivity (Wildman–Crippen MR) is 114 cm³/mol. The molecular weight excluding hydrogens is 514 g/mol. The number of aromatic nitrogens is 6. The van der Waals surface area contributed by atoms with E-state index in [2.05, 4.69) is 20.2 Å². The number of piperazine rings is 1. The van der Waals surface area contributed by atoms with Crippen LogP contribution in [0, 0.1) is 0 Å². The zero-order valence-electron chi connectivity index (χ0n) is 20.8. The molecule has 0 atom stereocenters. The molecule has 0 radical (unpaired) electrons. The van der Waals surface area contributed by atoms with Gasteiger partial charge in [0.1, 0.15) is 5.39 Å². The molecule has 37 heavy (non-hydrogen) atoms. The van der Waals surface area contributed by atoms with Crippen LogP contribution in [0.1, 0.15) is 20.4 Å². The monoisotopic (exact) mass is 536 g/mol. The third kappa shape index (κ3) is 5.98. The zero-order chi connectivity index (χ0) is 28.6. The minimum Gasteiger partial charge on any atom is -0.379 e. The average molecular weight is 536 g/mol. The summed E-state index contributed by atoms with van der Waals surface area (Å²) in [6, 6.07) is 0. The van der Waals surface area contributed by atoms with Crippen molar-refractivity contribution in [2.24, 2.45) is 0 Å². The lowest BCUT2D eigenvalue weighted by Gasteiger charge is -2.34. The number of rotatable bonds is 7. The van der Waals surface area contributed by atoms with Gasteiger partial charge in [-0.3, -0.25) is 14.3 Å². The number of halogens is 6. The molecule has 1 N–H and O–H groups in total. The number of ether oxygens (including phenoxy) is 1. The highest BCUT2D eigenvalue weighted by atomic mass is 19.4. The maximum absolute atomic E-state index is 13.3. The molecule has 1 amide bonds. The number of hydrogen-bond acceptors (Lipinski definition) is 8. The van der Waals surface area contributed by atoms with Gasteiger partial charge >= 0.3 is 12.4 Å². The Kier molecular flexibility index (Phi) is 6.58. The number of anilines is 1. The molecule has 0 spiro atoms. The Bertz CT molecular complexity index is 1390. The number of fused-ring (bicyclic) bond motifs is 1. The van der Waals surface area contributed by atoms with E-state index >= 15 is 0 Å². The summed E-state index contributed by atoms with van der Waals surface area (Å²) >= 11 is 0. The van der Waals surface area contributed by atoms with Crippen LogP contribution in [0.2, 0.25) is 0 Å². The van der Waals surface area contributed by atoms with E-state index in [9.17, 15) is 35.9 Å². The molecule has 3 aromatic heterocycles. The highest BCUT2D eigenvalue weighted by Crippen LogP contribution is 2.32. The van der Waals surface area contributed by atoms with Gasteiger partial charge in [-0.05, 0) is 0 Å². The van der Waals surface area contributed by atoms with E-state index in [1.807, 2.05) is 5.10 Å². The van der Waals surface area contributed by atoms with Crippen LogP contribution in [0.15, 0.2) is 23.4 Å². The molecule has 1 saturated heterocycles. The fraction of sp³-hybridized carbons (Fsp3) is 0.500. The molecule has 0 unspecified atom stereocenters. The van der Waals surface area contributed by atoms with Gasteiger partial charge in [0, 0.05) is 38.6 Å². The largest absolute Gasteiger partial charge is 0.435 e. The summed E-state index contributed by atoms with van der Waals surface area (Å²) in [5.41, 5.74) is -3.95. The number of hydrogen-bond donors (Lipinski definition) is 1. The van der Waals surface area contributed by atoms with E-state index in [-0.39, 0.29) is 44.1 Å². The first kappa shape index (κ1) is 23.6. The first-order valence-corrected chi connectivity index (χ1v) is 10.7. The Labute approximate surface area is 206 Å². The number of carbonyl (C=O) groups excluding carboxylic acids is 1. The second-order valence-electron chi connectivity index (χ2n) is 7.84. The van der Waals surface area contributed by atoms with Crippen LogP contribution in [0.3, 0.4) is 0 Å². The van der Waals surface area contributed by atoms with Gasteiger partial charge in [0.15, 0.2) is 5.69 Å². The topological polar surface area (TPSA) is 122 Å². The van der Waals surface area contributed by atoms with Gasteiger partial charge in [-0.1, -0.05) is 0 Å².